The van der Waals surface area contributed by atoms with Gasteiger partial charge in [-0.3, -0.25) is 9.59 Å². The number of anilines is 2. The Hall–Kier alpha value is -4.26. The van der Waals surface area contributed by atoms with Gasteiger partial charge in [0.1, 0.15) is 0 Å². The summed E-state index contributed by atoms with van der Waals surface area (Å²) in [7, 11) is 1.55. The molecule has 3 N–H and O–H groups in total. The monoisotopic (exact) mass is 457 g/mol. The Morgan fingerprint density at radius 3 is 2.35 bits per heavy atom. The molecule has 0 saturated carbocycles. The average molecular weight is 458 g/mol. The van der Waals surface area contributed by atoms with E-state index < -0.39 is 0 Å². The van der Waals surface area contributed by atoms with Gasteiger partial charge < -0.3 is 25.1 Å². The second-order valence-corrected chi connectivity index (χ2v) is 7.83. The number of rotatable bonds is 10. The SMILES string of the molecule is COc1ccccc1OCC(=O)Nc1cccc(NC(=O)CCCc2c[nH]c3ccccc23)c1. The number of aryl methyl sites for hydroxylation is 1. The molecule has 34 heavy (non-hydrogen) atoms. The third kappa shape index (κ3) is 5.95. The number of aromatic amines is 1. The zero-order chi connectivity index (χ0) is 23.8. The number of carbonyl (C=O) groups excluding carboxylic acids is 2. The number of para-hydroxylation sites is 3. The molecule has 174 valence electrons. The van der Waals surface area contributed by atoms with Crippen LogP contribution in [0.15, 0.2) is 79.0 Å². The lowest BCUT2D eigenvalue weighted by molar-refractivity contribution is -0.118. The summed E-state index contributed by atoms with van der Waals surface area (Å²) in [6.07, 6.45) is 3.97. The van der Waals surface area contributed by atoms with E-state index >= 15 is 0 Å². The summed E-state index contributed by atoms with van der Waals surface area (Å²) in [6.45, 7) is -0.162. The van der Waals surface area contributed by atoms with E-state index in [9.17, 15) is 9.59 Å². The molecule has 0 atom stereocenters. The van der Waals surface area contributed by atoms with Crippen molar-refractivity contribution in [2.45, 2.75) is 19.3 Å². The Balaban J connectivity index is 1.24. The van der Waals surface area contributed by atoms with Crippen LogP contribution in [0.3, 0.4) is 0 Å². The van der Waals surface area contributed by atoms with Crippen molar-refractivity contribution in [2.75, 3.05) is 24.4 Å². The normalized spacial score (nSPS) is 10.6. The largest absolute Gasteiger partial charge is 0.493 e. The molecule has 3 aromatic carbocycles. The van der Waals surface area contributed by atoms with Gasteiger partial charge in [0.15, 0.2) is 18.1 Å². The molecule has 4 aromatic rings. The van der Waals surface area contributed by atoms with Crippen LogP contribution in [0.4, 0.5) is 11.4 Å². The maximum absolute atomic E-state index is 12.4. The van der Waals surface area contributed by atoms with E-state index in [1.54, 1.807) is 43.5 Å². The smallest absolute Gasteiger partial charge is 0.262 e. The van der Waals surface area contributed by atoms with Crippen LogP contribution in [0, 0.1) is 0 Å². The number of ether oxygens (including phenoxy) is 2. The molecule has 0 bridgehead atoms. The Morgan fingerprint density at radius 1 is 0.853 bits per heavy atom. The highest BCUT2D eigenvalue weighted by Gasteiger charge is 2.09. The molecule has 7 nitrogen and oxygen atoms in total. The van der Waals surface area contributed by atoms with Gasteiger partial charge in [-0.2, -0.15) is 0 Å². The van der Waals surface area contributed by atoms with E-state index in [1.165, 1.54) is 10.9 Å². The maximum atomic E-state index is 12.4. The zero-order valence-corrected chi connectivity index (χ0v) is 19.0. The molecular formula is C27H27N3O4. The van der Waals surface area contributed by atoms with Gasteiger partial charge in [-0.25, -0.2) is 0 Å². The highest BCUT2D eigenvalue weighted by molar-refractivity contribution is 5.94. The third-order valence-corrected chi connectivity index (χ3v) is 5.38. The fourth-order valence-corrected chi connectivity index (χ4v) is 3.75. The molecule has 0 aliphatic rings. The van der Waals surface area contributed by atoms with Gasteiger partial charge in [0.05, 0.1) is 7.11 Å². The van der Waals surface area contributed by atoms with Crippen molar-refractivity contribution >= 4 is 34.1 Å². The number of amides is 2. The number of carbonyl (C=O) groups is 2. The van der Waals surface area contributed by atoms with Gasteiger partial charge in [0.2, 0.25) is 5.91 Å². The molecule has 0 unspecified atom stereocenters. The van der Waals surface area contributed by atoms with Crippen LogP contribution in [-0.4, -0.2) is 30.5 Å². The minimum Gasteiger partial charge on any atom is -0.493 e. The summed E-state index contributed by atoms with van der Waals surface area (Å²) >= 11 is 0. The summed E-state index contributed by atoms with van der Waals surface area (Å²) < 4.78 is 10.8. The van der Waals surface area contributed by atoms with Crippen molar-refractivity contribution in [3.8, 4) is 11.5 Å². The molecule has 0 aliphatic carbocycles. The van der Waals surface area contributed by atoms with Crippen LogP contribution in [0.1, 0.15) is 18.4 Å². The molecule has 0 saturated heterocycles. The summed E-state index contributed by atoms with van der Waals surface area (Å²) in [5.41, 5.74) is 3.52. The van der Waals surface area contributed by atoms with Crippen LogP contribution < -0.4 is 20.1 Å². The Kier molecular flexibility index (Phi) is 7.45. The number of methoxy groups -OCH3 is 1. The standard InChI is InChI=1S/C27H27N3O4/c1-33-24-13-4-5-14-25(24)34-18-27(32)30-21-10-7-9-20(16-21)29-26(31)15-6-8-19-17-28-23-12-3-2-11-22(19)23/h2-5,7,9-14,16-17,28H,6,8,15,18H2,1H3,(H,29,31)(H,30,32). The number of H-pyrrole nitrogens is 1. The van der Waals surface area contributed by atoms with Gasteiger partial charge in [-0.05, 0) is 54.8 Å². The summed E-state index contributed by atoms with van der Waals surface area (Å²) in [6, 6.07) is 22.3. The van der Waals surface area contributed by atoms with Crippen molar-refractivity contribution in [3.05, 3.63) is 84.6 Å². The van der Waals surface area contributed by atoms with Crippen molar-refractivity contribution in [1.29, 1.82) is 0 Å². The van der Waals surface area contributed by atoms with E-state index in [0.717, 1.165) is 18.4 Å². The number of benzene rings is 3. The van der Waals surface area contributed by atoms with Crippen molar-refractivity contribution < 1.29 is 19.1 Å². The van der Waals surface area contributed by atoms with E-state index in [0.29, 0.717) is 29.3 Å². The van der Waals surface area contributed by atoms with E-state index in [2.05, 4.69) is 21.7 Å². The van der Waals surface area contributed by atoms with Crippen LogP contribution in [-0.2, 0) is 16.0 Å². The van der Waals surface area contributed by atoms with Gasteiger partial charge in [-0.1, -0.05) is 36.4 Å². The minimum absolute atomic E-state index is 0.0668. The molecule has 1 aromatic heterocycles. The van der Waals surface area contributed by atoms with Crippen LogP contribution >= 0.6 is 0 Å². The highest BCUT2D eigenvalue weighted by atomic mass is 16.5. The number of hydrogen-bond acceptors (Lipinski definition) is 4. The van der Waals surface area contributed by atoms with Crippen molar-refractivity contribution in [1.82, 2.24) is 4.98 Å². The van der Waals surface area contributed by atoms with Gasteiger partial charge in [0.25, 0.3) is 5.91 Å². The predicted molar refractivity (Wildman–Crippen MR) is 133 cm³/mol. The first-order valence-electron chi connectivity index (χ1n) is 11.1. The molecule has 2 amide bonds. The lowest BCUT2D eigenvalue weighted by Gasteiger charge is -2.11. The van der Waals surface area contributed by atoms with Crippen LogP contribution in [0.25, 0.3) is 10.9 Å². The van der Waals surface area contributed by atoms with Crippen LogP contribution in [0.2, 0.25) is 0 Å². The quantitative estimate of drug-likeness (QED) is 0.307. The zero-order valence-electron chi connectivity index (χ0n) is 19.0. The van der Waals surface area contributed by atoms with Crippen molar-refractivity contribution in [3.63, 3.8) is 0 Å². The minimum atomic E-state index is -0.312. The Labute approximate surface area is 198 Å². The molecule has 0 fully saturated rings. The van der Waals surface area contributed by atoms with Crippen molar-refractivity contribution in [2.24, 2.45) is 0 Å². The Morgan fingerprint density at radius 2 is 1.56 bits per heavy atom. The number of fused-ring (bicyclic) bond motifs is 1. The van der Waals surface area contributed by atoms with Crippen LogP contribution in [0.5, 0.6) is 11.5 Å². The van der Waals surface area contributed by atoms with Gasteiger partial charge >= 0.3 is 0 Å². The molecule has 0 spiro atoms. The fourth-order valence-electron chi connectivity index (χ4n) is 3.75. The van der Waals surface area contributed by atoms with E-state index in [1.807, 2.05) is 36.5 Å². The molecule has 0 radical (unpaired) electrons. The lowest BCUT2D eigenvalue weighted by atomic mass is 10.1. The molecular weight excluding hydrogens is 430 g/mol. The summed E-state index contributed by atoms with van der Waals surface area (Å²) in [5, 5.41) is 6.88. The first-order valence-corrected chi connectivity index (χ1v) is 11.1. The number of hydrogen-bond donors (Lipinski definition) is 3. The summed E-state index contributed by atoms with van der Waals surface area (Å²) in [5.74, 6) is 0.675. The first kappa shape index (κ1) is 22.9. The molecule has 7 heteroatoms. The number of nitrogens with one attached hydrogen (secondary N) is 3. The van der Waals surface area contributed by atoms with E-state index in [-0.39, 0.29) is 18.4 Å². The fraction of sp³-hybridized carbons (Fsp3) is 0.185. The predicted octanol–water partition coefficient (Wildman–Crippen LogP) is 5.16. The first-order chi connectivity index (χ1) is 16.6. The highest BCUT2D eigenvalue weighted by Crippen LogP contribution is 2.26. The molecule has 0 aliphatic heterocycles. The Bertz CT molecular complexity index is 1280. The second-order valence-electron chi connectivity index (χ2n) is 7.83. The topological polar surface area (TPSA) is 92.4 Å². The maximum Gasteiger partial charge on any atom is 0.262 e. The molecule has 1 heterocycles. The summed E-state index contributed by atoms with van der Waals surface area (Å²) in [4.78, 5) is 28.0. The second kappa shape index (κ2) is 11.0. The lowest BCUT2D eigenvalue weighted by Crippen LogP contribution is -2.20. The average Bonchev–Trinajstić information content (AvgIpc) is 3.26. The molecule has 4 rings (SSSR count). The number of aromatic nitrogens is 1. The van der Waals surface area contributed by atoms with Gasteiger partial charge in [0, 0.05) is 34.9 Å². The third-order valence-electron chi connectivity index (χ3n) is 5.38. The van der Waals surface area contributed by atoms with Gasteiger partial charge in [-0.15, -0.1) is 0 Å². The van der Waals surface area contributed by atoms with E-state index in [4.69, 9.17) is 9.47 Å².